The van der Waals surface area contributed by atoms with Crippen molar-refractivity contribution < 1.29 is 9.53 Å². The summed E-state index contributed by atoms with van der Waals surface area (Å²) in [4.78, 5) is 15.6. The molecule has 4 heteroatoms. The molecule has 3 rings (SSSR count). The minimum Gasteiger partial charge on any atom is -0.497 e. The normalized spacial score (nSPS) is 17.1. The molecule has 24 heavy (non-hydrogen) atoms. The van der Waals surface area contributed by atoms with E-state index in [1.807, 2.05) is 17.0 Å². The first-order chi connectivity index (χ1) is 11.7. The van der Waals surface area contributed by atoms with Gasteiger partial charge in [-0.1, -0.05) is 29.8 Å². The van der Waals surface area contributed by atoms with Gasteiger partial charge in [-0.25, -0.2) is 0 Å². The molecule has 1 fully saturated rings. The standard InChI is InChI=1S/C20H23NO2S/c1-15-3-9-19(10-4-15)24-14-20(22)21-12-11-17(13-21)16-5-7-18(23-2)8-6-16/h3-10,17H,11-14H2,1-2H3. The first kappa shape index (κ1) is 16.9. The molecule has 3 nitrogen and oxygen atoms in total. The molecule has 2 aromatic rings. The monoisotopic (exact) mass is 341 g/mol. The number of thioether (sulfide) groups is 1. The number of carbonyl (C=O) groups excluding carboxylic acids is 1. The first-order valence-electron chi connectivity index (χ1n) is 8.27. The summed E-state index contributed by atoms with van der Waals surface area (Å²) in [6.45, 7) is 3.74. The summed E-state index contributed by atoms with van der Waals surface area (Å²) in [5.74, 6) is 2.05. The van der Waals surface area contributed by atoms with Crippen molar-refractivity contribution in [2.45, 2.75) is 24.2 Å². The van der Waals surface area contributed by atoms with Gasteiger partial charge in [-0.05, 0) is 43.2 Å². The van der Waals surface area contributed by atoms with Gasteiger partial charge in [-0.3, -0.25) is 4.79 Å². The number of nitrogens with zero attached hydrogens (tertiary/aromatic N) is 1. The quantitative estimate of drug-likeness (QED) is 0.767. The molecule has 2 aromatic carbocycles. The zero-order chi connectivity index (χ0) is 16.9. The van der Waals surface area contributed by atoms with Crippen LogP contribution in [-0.2, 0) is 4.79 Å². The molecular weight excluding hydrogens is 318 g/mol. The van der Waals surface area contributed by atoms with Gasteiger partial charge in [0.2, 0.25) is 5.91 Å². The Hall–Kier alpha value is -1.94. The smallest absolute Gasteiger partial charge is 0.232 e. The molecule has 0 aliphatic carbocycles. The number of aryl methyl sites for hydroxylation is 1. The van der Waals surface area contributed by atoms with Gasteiger partial charge in [0.25, 0.3) is 0 Å². The lowest BCUT2D eigenvalue weighted by atomic mass is 9.98. The molecule has 1 atom stereocenters. The molecule has 0 aromatic heterocycles. The molecule has 0 saturated carbocycles. The number of ether oxygens (including phenoxy) is 1. The van der Waals surface area contributed by atoms with Crippen LogP contribution in [0.1, 0.15) is 23.5 Å². The summed E-state index contributed by atoms with van der Waals surface area (Å²) in [5, 5.41) is 0. The fraction of sp³-hybridized carbons (Fsp3) is 0.350. The third-order valence-electron chi connectivity index (χ3n) is 4.51. The lowest BCUT2D eigenvalue weighted by Gasteiger charge is -2.16. The third-order valence-corrected chi connectivity index (χ3v) is 5.51. The Kier molecular flexibility index (Phi) is 5.46. The van der Waals surface area contributed by atoms with Crippen LogP contribution in [0.25, 0.3) is 0 Å². The molecule has 0 bridgehead atoms. The van der Waals surface area contributed by atoms with Crippen LogP contribution in [0.5, 0.6) is 5.75 Å². The minimum absolute atomic E-state index is 0.233. The minimum atomic E-state index is 0.233. The van der Waals surface area contributed by atoms with E-state index in [4.69, 9.17) is 4.74 Å². The number of methoxy groups -OCH3 is 1. The first-order valence-corrected chi connectivity index (χ1v) is 9.25. The van der Waals surface area contributed by atoms with Crippen molar-refractivity contribution in [3.8, 4) is 5.75 Å². The maximum Gasteiger partial charge on any atom is 0.232 e. The van der Waals surface area contributed by atoms with Crippen LogP contribution in [-0.4, -0.2) is 36.8 Å². The summed E-state index contributed by atoms with van der Waals surface area (Å²) in [7, 11) is 1.68. The number of likely N-dealkylation sites (tertiary alicyclic amines) is 1. The van der Waals surface area contributed by atoms with E-state index >= 15 is 0 Å². The van der Waals surface area contributed by atoms with Gasteiger partial charge in [-0.2, -0.15) is 0 Å². The third kappa shape index (κ3) is 4.12. The van der Waals surface area contributed by atoms with E-state index in [9.17, 15) is 4.79 Å². The average molecular weight is 341 g/mol. The van der Waals surface area contributed by atoms with Gasteiger partial charge in [0, 0.05) is 23.9 Å². The molecule has 0 spiro atoms. The Bertz CT molecular complexity index is 682. The maximum atomic E-state index is 12.4. The Morgan fingerprint density at radius 3 is 2.54 bits per heavy atom. The fourth-order valence-corrected chi connectivity index (χ4v) is 3.81. The van der Waals surface area contributed by atoms with Crippen molar-refractivity contribution in [2.24, 2.45) is 0 Å². The predicted octanol–water partition coefficient (Wildman–Crippen LogP) is 4.11. The summed E-state index contributed by atoms with van der Waals surface area (Å²) >= 11 is 1.62. The Morgan fingerprint density at radius 2 is 1.88 bits per heavy atom. The summed E-state index contributed by atoms with van der Waals surface area (Å²) in [5.41, 5.74) is 2.53. The Labute approximate surface area is 148 Å². The van der Waals surface area contributed by atoms with Crippen LogP contribution in [0.15, 0.2) is 53.4 Å². The highest BCUT2D eigenvalue weighted by atomic mass is 32.2. The van der Waals surface area contributed by atoms with Crippen molar-refractivity contribution in [1.29, 1.82) is 0 Å². The van der Waals surface area contributed by atoms with Crippen molar-refractivity contribution in [1.82, 2.24) is 4.90 Å². The van der Waals surface area contributed by atoms with Gasteiger partial charge in [0.1, 0.15) is 5.75 Å². The van der Waals surface area contributed by atoms with Gasteiger partial charge in [0.15, 0.2) is 0 Å². The number of hydrogen-bond acceptors (Lipinski definition) is 3. The van der Waals surface area contributed by atoms with Crippen LogP contribution < -0.4 is 4.74 Å². The highest BCUT2D eigenvalue weighted by molar-refractivity contribution is 8.00. The van der Waals surface area contributed by atoms with E-state index in [0.29, 0.717) is 11.7 Å². The number of rotatable bonds is 5. The highest BCUT2D eigenvalue weighted by Crippen LogP contribution is 2.29. The zero-order valence-corrected chi connectivity index (χ0v) is 15.0. The van der Waals surface area contributed by atoms with Crippen LogP contribution in [0.4, 0.5) is 0 Å². The fourth-order valence-electron chi connectivity index (χ4n) is 3.01. The van der Waals surface area contributed by atoms with E-state index in [1.54, 1.807) is 18.9 Å². The molecule has 1 saturated heterocycles. The molecule has 0 radical (unpaired) electrons. The zero-order valence-electron chi connectivity index (χ0n) is 14.2. The van der Waals surface area contributed by atoms with Gasteiger partial charge in [-0.15, -0.1) is 11.8 Å². The van der Waals surface area contributed by atoms with Crippen LogP contribution in [0.2, 0.25) is 0 Å². The Morgan fingerprint density at radius 1 is 1.17 bits per heavy atom. The topological polar surface area (TPSA) is 29.5 Å². The second-order valence-corrected chi connectivity index (χ2v) is 7.25. The van der Waals surface area contributed by atoms with Gasteiger partial charge < -0.3 is 9.64 Å². The molecule has 126 valence electrons. The number of amides is 1. The molecule has 0 N–H and O–H groups in total. The van der Waals surface area contributed by atoms with Gasteiger partial charge >= 0.3 is 0 Å². The molecule has 1 unspecified atom stereocenters. The SMILES string of the molecule is COc1ccc(C2CCN(C(=O)CSc3ccc(C)cc3)C2)cc1. The summed E-state index contributed by atoms with van der Waals surface area (Å²) in [6, 6.07) is 16.5. The second kappa shape index (κ2) is 7.75. The van der Waals surface area contributed by atoms with E-state index in [-0.39, 0.29) is 5.91 Å². The van der Waals surface area contributed by atoms with Crippen LogP contribution in [0, 0.1) is 6.92 Å². The molecule has 1 aliphatic rings. The molecule has 1 amide bonds. The molecule has 1 aliphatic heterocycles. The van der Waals surface area contributed by atoms with Crippen LogP contribution >= 0.6 is 11.8 Å². The lowest BCUT2D eigenvalue weighted by molar-refractivity contribution is -0.127. The summed E-state index contributed by atoms with van der Waals surface area (Å²) in [6.07, 6.45) is 1.03. The van der Waals surface area contributed by atoms with Crippen molar-refractivity contribution in [3.05, 3.63) is 59.7 Å². The Balaban J connectivity index is 1.52. The van der Waals surface area contributed by atoms with E-state index in [0.717, 1.165) is 30.2 Å². The number of carbonyl (C=O) groups is 1. The maximum absolute atomic E-state index is 12.4. The summed E-state index contributed by atoms with van der Waals surface area (Å²) < 4.78 is 5.21. The van der Waals surface area contributed by atoms with Crippen LogP contribution in [0.3, 0.4) is 0 Å². The van der Waals surface area contributed by atoms with E-state index in [1.165, 1.54) is 11.1 Å². The molecule has 1 heterocycles. The van der Waals surface area contributed by atoms with Crippen molar-refractivity contribution in [2.75, 3.05) is 26.0 Å². The highest BCUT2D eigenvalue weighted by Gasteiger charge is 2.27. The second-order valence-electron chi connectivity index (χ2n) is 6.20. The molecular formula is C20H23NO2S. The lowest BCUT2D eigenvalue weighted by Crippen LogP contribution is -2.29. The number of benzene rings is 2. The van der Waals surface area contributed by atoms with Gasteiger partial charge in [0.05, 0.1) is 12.9 Å². The average Bonchev–Trinajstić information content (AvgIpc) is 3.11. The van der Waals surface area contributed by atoms with Crippen molar-refractivity contribution >= 4 is 17.7 Å². The van der Waals surface area contributed by atoms with Crippen molar-refractivity contribution in [3.63, 3.8) is 0 Å². The van der Waals surface area contributed by atoms with E-state index in [2.05, 4.69) is 43.3 Å². The number of hydrogen-bond donors (Lipinski definition) is 0. The van der Waals surface area contributed by atoms with E-state index < -0.39 is 0 Å². The predicted molar refractivity (Wildman–Crippen MR) is 98.8 cm³/mol. The largest absolute Gasteiger partial charge is 0.497 e.